The molecule has 0 unspecified atom stereocenters. The van der Waals surface area contributed by atoms with Crippen LogP contribution in [-0.4, -0.2) is 28.8 Å². The van der Waals surface area contributed by atoms with Gasteiger partial charge in [-0.1, -0.05) is 72.4 Å². The zero-order valence-electron chi connectivity index (χ0n) is 14.5. The average molecular weight is 380 g/mol. The molecule has 5 nitrogen and oxygen atoms in total. The Morgan fingerprint density at radius 3 is 2.19 bits per heavy atom. The summed E-state index contributed by atoms with van der Waals surface area (Å²) in [5, 5.41) is -0.669. The highest BCUT2D eigenvalue weighted by Crippen LogP contribution is 2.71. The van der Waals surface area contributed by atoms with Crippen molar-refractivity contribution in [3.8, 4) is 0 Å². The van der Waals surface area contributed by atoms with Crippen molar-refractivity contribution in [2.45, 2.75) is 24.2 Å². The van der Waals surface area contributed by atoms with Crippen molar-refractivity contribution in [1.29, 1.82) is 0 Å². The summed E-state index contributed by atoms with van der Waals surface area (Å²) in [6.45, 7) is 1.28. The van der Waals surface area contributed by atoms with Crippen molar-refractivity contribution in [3.05, 3.63) is 71.8 Å². The summed E-state index contributed by atoms with van der Waals surface area (Å²) in [4.78, 5) is 50.6. The van der Waals surface area contributed by atoms with Gasteiger partial charge in [-0.05, 0) is 5.56 Å². The first-order valence-electron chi connectivity index (χ1n) is 8.54. The molecule has 0 bridgehead atoms. The number of Topliss-reactive ketones (excluding diaryl/α,β-unsaturated/α-hetero) is 2. The molecule has 1 aliphatic carbocycles. The molecule has 2 fully saturated rings. The smallest absolute Gasteiger partial charge is 0.302 e. The molecule has 3 atom stereocenters. The average Bonchev–Trinajstić information content (AvgIpc) is 2.85. The molecule has 1 heterocycles. The third kappa shape index (κ3) is 2.26. The maximum absolute atomic E-state index is 13.5. The molecule has 0 radical (unpaired) electrons. The summed E-state index contributed by atoms with van der Waals surface area (Å²) in [6, 6.07) is 17.4. The molecule has 1 aliphatic heterocycles. The Labute approximate surface area is 160 Å². The summed E-state index contributed by atoms with van der Waals surface area (Å²) in [5.41, 5.74) is -0.559. The van der Waals surface area contributed by atoms with E-state index in [1.807, 2.05) is 6.07 Å². The van der Waals surface area contributed by atoms with Crippen molar-refractivity contribution in [2.75, 3.05) is 0 Å². The largest absolute Gasteiger partial charge is 0.461 e. The fraction of sp³-hybridized carbons (Fsp3) is 0.238. The second kappa shape index (κ2) is 6.16. The molecule has 136 valence electrons. The number of benzene rings is 2. The summed E-state index contributed by atoms with van der Waals surface area (Å²) in [5.74, 6) is -1.63. The molecular weight excluding hydrogens is 364 g/mol. The molecule has 2 aromatic carbocycles. The van der Waals surface area contributed by atoms with E-state index >= 15 is 0 Å². The number of ether oxygens (including phenoxy) is 1. The highest BCUT2D eigenvalue weighted by atomic mass is 32.2. The monoisotopic (exact) mass is 380 g/mol. The van der Waals surface area contributed by atoms with Gasteiger partial charge >= 0.3 is 5.97 Å². The second-order valence-electron chi connectivity index (χ2n) is 6.72. The lowest BCUT2D eigenvalue weighted by Gasteiger charge is -2.56. The van der Waals surface area contributed by atoms with Crippen LogP contribution in [0, 0.1) is 5.41 Å². The third-order valence-electron chi connectivity index (χ3n) is 5.34. The standard InChI is InChI=1S/C21H16O5S/c1-13(22)26-16-12-20(17(23)14-8-4-2-5-9-14)18(24)19(25)27-21(16,20)15-10-6-3-7-11-15/h2-11,16H,12H2,1H3/t16-,20+,21-/m1/s1. The molecule has 2 aromatic rings. The minimum absolute atomic E-state index is 0.00672. The summed E-state index contributed by atoms with van der Waals surface area (Å²) < 4.78 is 4.21. The first-order chi connectivity index (χ1) is 12.9. The van der Waals surface area contributed by atoms with Crippen LogP contribution in [0.5, 0.6) is 0 Å². The lowest BCUT2D eigenvalue weighted by molar-refractivity contribution is -0.167. The number of esters is 1. The van der Waals surface area contributed by atoms with Gasteiger partial charge in [-0.3, -0.25) is 19.2 Å². The number of carbonyl (C=O) groups excluding carboxylic acids is 4. The molecule has 0 amide bonds. The van der Waals surface area contributed by atoms with Crippen molar-refractivity contribution in [2.24, 2.45) is 5.41 Å². The minimum atomic E-state index is -1.56. The number of thioether (sulfide) groups is 1. The number of rotatable bonds is 4. The minimum Gasteiger partial charge on any atom is -0.461 e. The lowest BCUT2D eigenvalue weighted by Crippen LogP contribution is -2.67. The molecule has 0 spiro atoms. The third-order valence-corrected chi connectivity index (χ3v) is 6.88. The highest BCUT2D eigenvalue weighted by Gasteiger charge is 2.81. The van der Waals surface area contributed by atoms with E-state index in [2.05, 4.69) is 0 Å². The van der Waals surface area contributed by atoms with Gasteiger partial charge in [0.15, 0.2) is 5.78 Å². The number of ketones is 2. The fourth-order valence-electron chi connectivity index (χ4n) is 4.20. The van der Waals surface area contributed by atoms with Crippen LogP contribution in [0.15, 0.2) is 60.7 Å². The van der Waals surface area contributed by atoms with Gasteiger partial charge in [-0.15, -0.1) is 0 Å². The predicted molar refractivity (Wildman–Crippen MR) is 99.1 cm³/mol. The van der Waals surface area contributed by atoms with Gasteiger partial charge in [0.25, 0.3) is 5.12 Å². The van der Waals surface area contributed by atoms with E-state index in [9.17, 15) is 19.2 Å². The van der Waals surface area contributed by atoms with E-state index in [0.717, 1.165) is 11.8 Å². The van der Waals surface area contributed by atoms with Crippen molar-refractivity contribution in [3.63, 3.8) is 0 Å². The Morgan fingerprint density at radius 2 is 1.59 bits per heavy atom. The van der Waals surface area contributed by atoms with Gasteiger partial charge in [0.05, 0.1) is 0 Å². The normalized spacial score (nSPS) is 29.0. The molecule has 6 heteroatoms. The lowest BCUT2D eigenvalue weighted by atomic mass is 9.50. The zero-order chi connectivity index (χ0) is 19.2. The van der Waals surface area contributed by atoms with Gasteiger partial charge < -0.3 is 4.74 Å². The topological polar surface area (TPSA) is 77.5 Å². The molecule has 4 rings (SSSR count). The molecule has 27 heavy (non-hydrogen) atoms. The fourth-order valence-corrected chi connectivity index (χ4v) is 5.72. The van der Waals surface area contributed by atoms with Crippen LogP contribution in [0.3, 0.4) is 0 Å². The Balaban J connectivity index is 1.92. The van der Waals surface area contributed by atoms with E-state index < -0.39 is 38.9 Å². The van der Waals surface area contributed by atoms with Crippen molar-refractivity contribution >= 4 is 34.4 Å². The van der Waals surface area contributed by atoms with Gasteiger partial charge in [0.1, 0.15) is 16.3 Å². The van der Waals surface area contributed by atoms with Crippen LogP contribution in [0.4, 0.5) is 0 Å². The predicted octanol–water partition coefficient (Wildman–Crippen LogP) is 2.93. The van der Waals surface area contributed by atoms with Crippen LogP contribution >= 0.6 is 11.8 Å². The number of fused-ring (bicyclic) bond motifs is 1. The Hall–Kier alpha value is -2.73. The van der Waals surface area contributed by atoms with E-state index in [4.69, 9.17) is 4.74 Å². The van der Waals surface area contributed by atoms with Gasteiger partial charge in [0, 0.05) is 18.9 Å². The molecule has 2 aliphatic rings. The van der Waals surface area contributed by atoms with E-state index in [-0.39, 0.29) is 6.42 Å². The van der Waals surface area contributed by atoms with Crippen LogP contribution in [-0.2, 0) is 23.9 Å². The molecule has 1 saturated heterocycles. The van der Waals surface area contributed by atoms with Crippen molar-refractivity contribution in [1.82, 2.24) is 0 Å². The molecule has 0 N–H and O–H groups in total. The van der Waals surface area contributed by atoms with E-state index in [0.29, 0.717) is 11.1 Å². The summed E-state index contributed by atoms with van der Waals surface area (Å²) in [7, 11) is 0. The summed E-state index contributed by atoms with van der Waals surface area (Å²) in [6.07, 6.45) is -0.724. The molecule has 0 aromatic heterocycles. The SMILES string of the molecule is CC(=O)O[C@@H]1C[C@]2(C(=O)c3ccccc3)C(=O)C(=O)S[C@]12c1ccccc1. The van der Waals surface area contributed by atoms with E-state index in [1.54, 1.807) is 54.6 Å². The van der Waals surface area contributed by atoms with Crippen LogP contribution in [0.1, 0.15) is 29.3 Å². The Morgan fingerprint density at radius 1 is 1.00 bits per heavy atom. The maximum Gasteiger partial charge on any atom is 0.302 e. The van der Waals surface area contributed by atoms with Crippen LogP contribution in [0.25, 0.3) is 0 Å². The first-order valence-corrected chi connectivity index (χ1v) is 9.35. The highest BCUT2D eigenvalue weighted by molar-refractivity contribution is 8.17. The number of hydrogen-bond donors (Lipinski definition) is 0. The maximum atomic E-state index is 13.5. The van der Waals surface area contributed by atoms with Gasteiger partial charge in [0.2, 0.25) is 5.78 Å². The van der Waals surface area contributed by atoms with E-state index in [1.165, 1.54) is 6.92 Å². The first kappa shape index (κ1) is 17.7. The summed E-state index contributed by atoms with van der Waals surface area (Å²) >= 11 is 0.809. The molecule has 1 saturated carbocycles. The van der Waals surface area contributed by atoms with Crippen molar-refractivity contribution < 1.29 is 23.9 Å². The quantitative estimate of drug-likeness (QED) is 0.351. The Bertz CT molecular complexity index is 955. The van der Waals surface area contributed by atoms with Crippen LogP contribution < -0.4 is 0 Å². The van der Waals surface area contributed by atoms with Crippen LogP contribution in [0.2, 0.25) is 0 Å². The van der Waals surface area contributed by atoms with Gasteiger partial charge in [-0.25, -0.2) is 0 Å². The number of carbonyl (C=O) groups is 4. The number of hydrogen-bond acceptors (Lipinski definition) is 6. The Kier molecular flexibility index (Phi) is 4.03. The second-order valence-corrected chi connectivity index (χ2v) is 7.94. The molecular formula is C21H16O5S. The van der Waals surface area contributed by atoms with Gasteiger partial charge in [-0.2, -0.15) is 0 Å². The zero-order valence-corrected chi connectivity index (χ0v) is 15.3.